The van der Waals surface area contributed by atoms with Gasteiger partial charge in [-0.2, -0.15) is 5.10 Å². The van der Waals surface area contributed by atoms with Crippen LogP contribution in [0.2, 0.25) is 5.02 Å². The van der Waals surface area contributed by atoms with E-state index in [9.17, 15) is 0 Å². The number of benzene rings is 1. The van der Waals surface area contributed by atoms with Crippen LogP contribution in [-0.2, 0) is 12.4 Å². The standard InChI is InChI=1S/C12H12Cl2N2/c1-9-11(6-13)7-15-16(9)8-10-2-4-12(14)5-3-10/h2-5,7H,6,8H2,1H3. The van der Waals surface area contributed by atoms with Gasteiger partial charge in [-0.25, -0.2) is 0 Å². The topological polar surface area (TPSA) is 17.8 Å². The molecule has 2 nitrogen and oxygen atoms in total. The Labute approximate surface area is 105 Å². The molecule has 16 heavy (non-hydrogen) atoms. The number of hydrogen-bond donors (Lipinski definition) is 0. The van der Waals surface area contributed by atoms with Crippen molar-refractivity contribution in [1.29, 1.82) is 0 Å². The highest BCUT2D eigenvalue weighted by Crippen LogP contribution is 2.14. The Hall–Kier alpha value is -0.990. The first-order chi connectivity index (χ1) is 7.70. The van der Waals surface area contributed by atoms with Crippen LogP contribution in [0.3, 0.4) is 0 Å². The average molecular weight is 255 g/mol. The highest BCUT2D eigenvalue weighted by molar-refractivity contribution is 6.30. The Morgan fingerprint density at radius 3 is 2.50 bits per heavy atom. The first kappa shape index (κ1) is 11.5. The van der Waals surface area contributed by atoms with Crippen LogP contribution < -0.4 is 0 Å². The quantitative estimate of drug-likeness (QED) is 0.766. The van der Waals surface area contributed by atoms with Crippen LogP contribution in [-0.4, -0.2) is 9.78 Å². The van der Waals surface area contributed by atoms with E-state index in [2.05, 4.69) is 5.10 Å². The van der Waals surface area contributed by atoms with Crippen LogP contribution in [0.1, 0.15) is 16.8 Å². The molecular formula is C12H12Cl2N2. The van der Waals surface area contributed by atoms with Gasteiger partial charge in [0.1, 0.15) is 0 Å². The Bertz CT molecular complexity index is 474. The molecule has 0 saturated carbocycles. The summed E-state index contributed by atoms with van der Waals surface area (Å²) in [5.74, 6) is 0.506. The number of hydrogen-bond acceptors (Lipinski definition) is 1. The smallest absolute Gasteiger partial charge is 0.0662 e. The van der Waals surface area contributed by atoms with Crippen LogP contribution in [0.5, 0.6) is 0 Å². The molecule has 0 radical (unpaired) electrons. The molecule has 0 aliphatic rings. The highest BCUT2D eigenvalue weighted by Gasteiger charge is 2.05. The Morgan fingerprint density at radius 2 is 1.94 bits per heavy atom. The molecule has 0 spiro atoms. The van der Waals surface area contributed by atoms with Gasteiger partial charge in [0, 0.05) is 16.3 Å². The van der Waals surface area contributed by atoms with Gasteiger partial charge in [0.2, 0.25) is 0 Å². The predicted molar refractivity (Wildman–Crippen MR) is 67.1 cm³/mol. The van der Waals surface area contributed by atoms with E-state index in [1.54, 1.807) is 0 Å². The van der Waals surface area contributed by atoms with Crippen molar-refractivity contribution in [3.05, 3.63) is 52.3 Å². The van der Waals surface area contributed by atoms with E-state index >= 15 is 0 Å². The molecular weight excluding hydrogens is 243 g/mol. The maximum Gasteiger partial charge on any atom is 0.0662 e. The monoisotopic (exact) mass is 254 g/mol. The average Bonchev–Trinajstić information content (AvgIpc) is 2.63. The van der Waals surface area contributed by atoms with E-state index < -0.39 is 0 Å². The van der Waals surface area contributed by atoms with E-state index in [1.165, 1.54) is 5.56 Å². The van der Waals surface area contributed by atoms with Gasteiger partial charge in [0.25, 0.3) is 0 Å². The lowest BCUT2D eigenvalue weighted by atomic mass is 10.2. The lowest BCUT2D eigenvalue weighted by molar-refractivity contribution is 0.664. The first-order valence-corrected chi connectivity index (χ1v) is 5.93. The summed E-state index contributed by atoms with van der Waals surface area (Å²) in [5.41, 5.74) is 3.37. The van der Waals surface area contributed by atoms with E-state index in [-0.39, 0.29) is 0 Å². The van der Waals surface area contributed by atoms with Crippen molar-refractivity contribution in [3.63, 3.8) is 0 Å². The zero-order valence-electron chi connectivity index (χ0n) is 8.95. The largest absolute Gasteiger partial charge is 0.265 e. The molecule has 1 aromatic heterocycles. The first-order valence-electron chi connectivity index (χ1n) is 5.02. The molecule has 2 rings (SSSR count). The molecule has 0 fully saturated rings. The molecule has 1 aromatic carbocycles. The van der Waals surface area contributed by atoms with Gasteiger partial charge in [0.15, 0.2) is 0 Å². The van der Waals surface area contributed by atoms with Crippen molar-refractivity contribution in [2.45, 2.75) is 19.3 Å². The van der Waals surface area contributed by atoms with E-state index in [0.29, 0.717) is 5.88 Å². The molecule has 0 unspecified atom stereocenters. The van der Waals surface area contributed by atoms with Crippen LogP contribution in [0, 0.1) is 6.92 Å². The number of alkyl halides is 1. The van der Waals surface area contributed by atoms with Crippen LogP contribution in [0.4, 0.5) is 0 Å². The Balaban J connectivity index is 2.20. The van der Waals surface area contributed by atoms with Crippen LogP contribution in [0.25, 0.3) is 0 Å². The van der Waals surface area contributed by atoms with Crippen molar-refractivity contribution < 1.29 is 0 Å². The number of rotatable bonds is 3. The van der Waals surface area contributed by atoms with Gasteiger partial charge in [-0.15, -0.1) is 11.6 Å². The van der Waals surface area contributed by atoms with Crippen molar-refractivity contribution in [1.82, 2.24) is 9.78 Å². The molecule has 1 heterocycles. The minimum Gasteiger partial charge on any atom is -0.265 e. The third-order valence-corrected chi connectivity index (χ3v) is 3.13. The predicted octanol–water partition coefficient (Wildman–Crippen LogP) is 3.63. The fraction of sp³-hybridized carbons (Fsp3) is 0.250. The second-order valence-corrected chi connectivity index (χ2v) is 4.38. The Morgan fingerprint density at radius 1 is 1.25 bits per heavy atom. The van der Waals surface area contributed by atoms with E-state index in [0.717, 1.165) is 22.8 Å². The zero-order valence-corrected chi connectivity index (χ0v) is 10.5. The van der Waals surface area contributed by atoms with Crippen molar-refractivity contribution in [3.8, 4) is 0 Å². The molecule has 4 heteroatoms. The van der Waals surface area contributed by atoms with Gasteiger partial charge in [-0.1, -0.05) is 23.7 Å². The summed E-state index contributed by atoms with van der Waals surface area (Å²) < 4.78 is 1.95. The SMILES string of the molecule is Cc1c(CCl)cnn1Cc1ccc(Cl)cc1. The zero-order chi connectivity index (χ0) is 11.5. The summed E-state index contributed by atoms with van der Waals surface area (Å²) >= 11 is 11.6. The molecule has 0 saturated heterocycles. The van der Waals surface area contributed by atoms with E-state index in [1.807, 2.05) is 42.1 Å². The molecule has 0 atom stereocenters. The normalized spacial score (nSPS) is 10.7. The molecule has 84 valence electrons. The highest BCUT2D eigenvalue weighted by atomic mass is 35.5. The van der Waals surface area contributed by atoms with Crippen molar-refractivity contribution in [2.24, 2.45) is 0 Å². The van der Waals surface area contributed by atoms with Gasteiger partial charge in [0.05, 0.1) is 18.6 Å². The lowest BCUT2D eigenvalue weighted by Crippen LogP contribution is -2.03. The van der Waals surface area contributed by atoms with Crippen molar-refractivity contribution in [2.75, 3.05) is 0 Å². The van der Waals surface area contributed by atoms with Gasteiger partial charge in [-0.05, 0) is 24.6 Å². The van der Waals surface area contributed by atoms with E-state index in [4.69, 9.17) is 23.2 Å². The van der Waals surface area contributed by atoms with Crippen molar-refractivity contribution >= 4 is 23.2 Å². The summed E-state index contributed by atoms with van der Waals surface area (Å²) in [6.45, 7) is 2.78. The van der Waals surface area contributed by atoms with Gasteiger partial charge >= 0.3 is 0 Å². The minimum absolute atomic E-state index is 0.506. The fourth-order valence-electron chi connectivity index (χ4n) is 1.54. The molecule has 0 aliphatic carbocycles. The van der Waals surface area contributed by atoms with Crippen LogP contribution >= 0.6 is 23.2 Å². The summed E-state index contributed by atoms with van der Waals surface area (Å²) in [5, 5.41) is 5.06. The second kappa shape index (κ2) is 4.89. The minimum atomic E-state index is 0.506. The maximum atomic E-state index is 5.83. The third kappa shape index (κ3) is 2.39. The summed E-state index contributed by atoms with van der Waals surface area (Å²) in [6, 6.07) is 7.78. The molecule has 0 amide bonds. The molecule has 0 N–H and O–H groups in total. The fourth-order valence-corrected chi connectivity index (χ4v) is 1.93. The summed E-state index contributed by atoms with van der Waals surface area (Å²) in [6.07, 6.45) is 1.82. The number of nitrogens with zero attached hydrogens (tertiary/aromatic N) is 2. The molecule has 2 aromatic rings. The number of aromatic nitrogens is 2. The summed E-state index contributed by atoms with van der Waals surface area (Å²) in [7, 11) is 0. The lowest BCUT2D eigenvalue weighted by Gasteiger charge is -2.05. The van der Waals surface area contributed by atoms with Gasteiger partial charge < -0.3 is 0 Å². The maximum absolute atomic E-state index is 5.83. The molecule has 0 bridgehead atoms. The van der Waals surface area contributed by atoms with Gasteiger partial charge in [-0.3, -0.25) is 4.68 Å². The summed E-state index contributed by atoms with van der Waals surface area (Å²) in [4.78, 5) is 0. The van der Waals surface area contributed by atoms with Crippen LogP contribution in [0.15, 0.2) is 30.5 Å². The third-order valence-electron chi connectivity index (χ3n) is 2.59. The number of halogens is 2. The molecule has 0 aliphatic heterocycles. The second-order valence-electron chi connectivity index (χ2n) is 3.67. The Kier molecular flexibility index (Phi) is 3.52.